The highest BCUT2D eigenvalue weighted by molar-refractivity contribution is 7.10. The zero-order chi connectivity index (χ0) is 11.7. The molecule has 0 spiro atoms. The summed E-state index contributed by atoms with van der Waals surface area (Å²) in [5.74, 6) is 0. The Labute approximate surface area is 105 Å². The number of benzene rings is 2. The lowest BCUT2D eigenvalue weighted by molar-refractivity contribution is 0.903. The third kappa shape index (κ3) is 1.86. The number of thiophene rings is 1. The van der Waals surface area contributed by atoms with E-state index >= 15 is 0 Å². The molecule has 0 aliphatic rings. The molecule has 0 saturated carbocycles. The second-order valence-electron chi connectivity index (χ2n) is 4.06. The van der Waals surface area contributed by atoms with Crippen molar-refractivity contribution in [3.8, 4) is 0 Å². The first-order valence-electron chi connectivity index (χ1n) is 5.63. The zero-order valence-electron chi connectivity index (χ0n) is 9.34. The summed E-state index contributed by atoms with van der Waals surface area (Å²) in [4.78, 5) is 1.21. The van der Waals surface area contributed by atoms with Gasteiger partial charge in [0.1, 0.15) is 0 Å². The molecule has 3 aromatic rings. The van der Waals surface area contributed by atoms with E-state index in [1.54, 1.807) is 11.3 Å². The van der Waals surface area contributed by atoms with Crippen LogP contribution >= 0.6 is 11.3 Å². The summed E-state index contributed by atoms with van der Waals surface area (Å²) in [6.07, 6.45) is 0. The minimum atomic E-state index is -0.0268. The molecule has 1 heterocycles. The minimum Gasteiger partial charge on any atom is -0.320 e. The van der Waals surface area contributed by atoms with Gasteiger partial charge in [-0.25, -0.2) is 0 Å². The number of hydrogen-bond donors (Lipinski definition) is 1. The largest absolute Gasteiger partial charge is 0.320 e. The van der Waals surface area contributed by atoms with E-state index < -0.39 is 0 Å². The van der Waals surface area contributed by atoms with Crippen molar-refractivity contribution in [1.29, 1.82) is 0 Å². The molecule has 0 unspecified atom stereocenters. The summed E-state index contributed by atoms with van der Waals surface area (Å²) in [7, 11) is 0. The molecular weight excluding hydrogens is 226 g/mol. The molecule has 1 atom stereocenters. The van der Waals surface area contributed by atoms with Crippen LogP contribution in [0.25, 0.3) is 10.8 Å². The first-order chi connectivity index (χ1) is 8.36. The summed E-state index contributed by atoms with van der Waals surface area (Å²) in [5, 5.41) is 4.56. The molecule has 0 saturated heterocycles. The Bertz CT molecular complexity index is 623. The topological polar surface area (TPSA) is 26.0 Å². The predicted octanol–water partition coefficient (Wildman–Crippen LogP) is 3.95. The third-order valence-corrected chi connectivity index (χ3v) is 3.96. The van der Waals surface area contributed by atoms with Crippen molar-refractivity contribution >= 4 is 22.1 Å². The van der Waals surface area contributed by atoms with Gasteiger partial charge in [-0.1, -0.05) is 48.5 Å². The first kappa shape index (κ1) is 10.5. The fourth-order valence-corrected chi connectivity index (χ4v) is 2.89. The van der Waals surface area contributed by atoms with Gasteiger partial charge < -0.3 is 5.73 Å². The predicted molar refractivity (Wildman–Crippen MR) is 74.3 cm³/mol. The van der Waals surface area contributed by atoms with E-state index in [1.807, 2.05) is 6.07 Å². The van der Waals surface area contributed by atoms with E-state index in [-0.39, 0.29) is 6.04 Å². The van der Waals surface area contributed by atoms with Crippen LogP contribution in [-0.2, 0) is 0 Å². The van der Waals surface area contributed by atoms with Crippen LogP contribution in [0.15, 0.2) is 60.0 Å². The maximum absolute atomic E-state index is 6.34. The van der Waals surface area contributed by atoms with Gasteiger partial charge in [-0.3, -0.25) is 0 Å². The summed E-state index contributed by atoms with van der Waals surface area (Å²) in [6, 6.07) is 18.8. The molecule has 0 aliphatic carbocycles. The molecule has 0 radical (unpaired) electrons. The van der Waals surface area contributed by atoms with Gasteiger partial charge in [-0.2, -0.15) is 0 Å². The number of rotatable bonds is 2. The van der Waals surface area contributed by atoms with Crippen molar-refractivity contribution < 1.29 is 0 Å². The van der Waals surface area contributed by atoms with E-state index in [2.05, 4.69) is 53.9 Å². The van der Waals surface area contributed by atoms with Gasteiger partial charge in [0.05, 0.1) is 6.04 Å². The van der Waals surface area contributed by atoms with Crippen LogP contribution in [0.1, 0.15) is 16.5 Å². The summed E-state index contributed by atoms with van der Waals surface area (Å²) in [6.45, 7) is 0. The molecule has 0 aliphatic heterocycles. The van der Waals surface area contributed by atoms with Gasteiger partial charge in [0.25, 0.3) is 0 Å². The molecule has 0 fully saturated rings. The number of nitrogens with two attached hydrogens (primary N) is 1. The highest BCUT2D eigenvalue weighted by atomic mass is 32.1. The standard InChI is InChI=1S/C15H13NS/c16-15(14-9-4-10-17-14)13-8-3-6-11-5-1-2-7-12(11)13/h1-10,15H,16H2/t15-/m1/s1. The smallest absolute Gasteiger partial charge is 0.0652 e. The van der Waals surface area contributed by atoms with Crippen molar-refractivity contribution in [2.45, 2.75) is 6.04 Å². The lowest BCUT2D eigenvalue weighted by Crippen LogP contribution is -2.10. The summed E-state index contributed by atoms with van der Waals surface area (Å²) >= 11 is 1.71. The Morgan fingerprint density at radius 2 is 1.71 bits per heavy atom. The Kier molecular flexibility index (Phi) is 2.67. The average molecular weight is 239 g/mol. The Hall–Kier alpha value is -1.64. The lowest BCUT2D eigenvalue weighted by atomic mass is 9.98. The van der Waals surface area contributed by atoms with Gasteiger partial charge in [-0.05, 0) is 27.8 Å². The summed E-state index contributed by atoms with van der Waals surface area (Å²) in [5.41, 5.74) is 7.54. The molecule has 84 valence electrons. The molecule has 1 nitrogen and oxygen atoms in total. The normalized spacial score (nSPS) is 12.8. The number of fused-ring (bicyclic) bond motifs is 1. The molecule has 17 heavy (non-hydrogen) atoms. The van der Waals surface area contributed by atoms with Crippen molar-refractivity contribution in [1.82, 2.24) is 0 Å². The average Bonchev–Trinajstić information content (AvgIpc) is 2.91. The van der Waals surface area contributed by atoms with Crippen molar-refractivity contribution in [2.75, 3.05) is 0 Å². The molecule has 1 aromatic heterocycles. The Morgan fingerprint density at radius 3 is 2.53 bits per heavy atom. The van der Waals surface area contributed by atoms with Crippen LogP contribution in [0.3, 0.4) is 0 Å². The Morgan fingerprint density at radius 1 is 0.882 bits per heavy atom. The van der Waals surface area contributed by atoms with Gasteiger partial charge in [0, 0.05) is 4.88 Å². The van der Waals surface area contributed by atoms with Crippen LogP contribution in [0, 0.1) is 0 Å². The molecule has 0 bridgehead atoms. The van der Waals surface area contributed by atoms with E-state index in [0.717, 1.165) is 0 Å². The van der Waals surface area contributed by atoms with Gasteiger partial charge in [0.2, 0.25) is 0 Å². The van der Waals surface area contributed by atoms with Crippen molar-refractivity contribution in [3.05, 3.63) is 70.4 Å². The summed E-state index contributed by atoms with van der Waals surface area (Å²) < 4.78 is 0. The highest BCUT2D eigenvalue weighted by Crippen LogP contribution is 2.29. The molecule has 2 N–H and O–H groups in total. The van der Waals surface area contributed by atoms with E-state index in [1.165, 1.54) is 21.2 Å². The maximum atomic E-state index is 6.34. The highest BCUT2D eigenvalue weighted by Gasteiger charge is 2.12. The fourth-order valence-electron chi connectivity index (χ4n) is 2.14. The van der Waals surface area contributed by atoms with Gasteiger partial charge in [-0.15, -0.1) is 11.3 Å². The zero-order valence-corrected chi connectivity index (χ0v) is 10.2. The Balaban J connectivity index is 2.17. The second kappa shape index (κ2) is 4.32. The molecule has 2 heteroatoms. The maximum Gasteiger partial charge on any atom is 0.0652 e. The SMILES string of the molecule is N[C@@H](c1cccs1)c1cccc2ccccc12. The second-order valence-corrected chi connectivity index (χ2v) is 5.04. The van der Waals surface area contributed by atoms with E-state index in [0.29, 0.717) is 0 Å². The molecular formula is C15H13NS. The van der Waals surface area contributed by atoms with Crippen molar-refractivity contribution in [3.63, 3.8) is 0 Å². The monoisotopic (exact) mass is 239 g/mol. The third-order valence-electron chi connectivity index (χ3n) is 3.01. The quantitative estimate of drug-likeness (QED) is 0.720. The van der Waals surface area contributed by atoms with Crippen LogP contribution in [0.5, 0.6) is 0 Å². The molecule has 2 aromatic carbocycles. The van der Waals surface area contributed by atoms with Crippen LogP contribution in [0.2, 0.25) is 0 Å². The van der Waals surface area contributed by atoms with Crippen LogP contribution in [0.4, 0.5) is 0 Å². The molecule has 3 rings (SSSR count). The fraction of sp³-hybridized carbons (Fsp3) is 0.0667. The molecule has 0 amide bonds. The van der Waals surface area contributed by atoms with Crippen LogP contribution < -0.4 is 5.73 Å². The lowest BCUT2D eigenvalue weighted by Gasteiger charge is -2.13. The van der Waals surface area contributed by atoms with Crippen molar-refractivity contribution in [2.24, 2.45) is 5.73 Å². The first-order valence-corrected chi connectivity index (χ1v) is 6.51. The van der Waals surface area contributed by atoms with Gasteiger partial charge >= 0.3 is 0 Å². The van der Waals surface area contributed by atoms with E-state index in [4.69, 9.17) is 5.73 Å². The minimum absolute atomic E-state index is 0.0268. The number of hydrogen-bond acceptors (Lipinski definition) is 2. The van der Waals surface area contributed by atoms with E-state index in [9.17, 15) is 0 Å². The van der Waals surface area contributed by atoms with Gasteiger partial charge in [0.15, 0.2) is 0 Å². The van der Waals surface area contributed by atoms with Crippen LogP contribution in [-0.4, -0.2) is 0 Å².